The minimum Gasteiger partial charge on any atom is -0.457 e. The topological polar surface area (TPSA) is 178 Å². The zero-order valence-electron chi connectivity index (χ0n) is 46.9. The first kappa shape index (κ1) is 69.8. The van der Waals surface area contributed by atoms with Crippen molar-refractivity contribution in [1.29, 1.82) is 0 Å². The summed E-state index contributed by atoms with van der Waals surface area (Å²) < 4.78 is 59.5. The first-order valence-corrected chi connectivity index (χ1v) is 31.4. The smallest absolute Gasteiger partial charge is 0.397 e. The summed E-state index contributed by atoms with van der Waals surface area (Å²) in [6.45, 7) is 3.98. The van der Waals surface area contributed by atoms with E-state index in [1.807, 2.05) is 0 Å². The number of unbranched alkanes of at least 4 members (excludes halogenated alkanes) is 30. The van der Waals surface area contributed by atoms with E-state index in [1.165, 1.54) is 167 Å². The molecule has 0 aromatic heterocycles. The summed E-state index contributed by atoms with van der Waals surface area (Å²) in [6.07, 6.45) is 58.3. The summed E-state index contributed by atoms with van der Waals surface area (Å²) in [7, 11) is -5.07. The van der Waals surface area contributed by atoms with E-state index in [9.17, 15) is 33.1 Å². The molecule has 0 amide bonds. The highest BCUT2D eigenvalue weighted by molar-refractivity contribution is 7.80. The van der Waals surface area contributed by atoms with Gasteiger partial charge in [-0.05, 0) is 83.5 Å². The lowest BCUT2D eigenvalue weighted by Gasteiger charge is -2.41. The van der Waals surface area contributed by atoms with Crippen LogP contribution >= 0.6 is 0 Å². The van der Waals surface area contributed by atoms with Gasteiger partial charge < -0.3 is 34.3 Å². The molecule has 74 heavy (non-hydrogen) atoms. The number of hydrogen-bond acceptors (Lipinski definition) is 11. The third-order valence-electron chi connectivity index (χ3n) is 13.6. The highest BCUT2D eigenvalue weighted by atomic mass is 32.3. The molecular formula is C61H110O12S. The SMILES string of the molecule is CCCCCCC/C=C\C/C=C\C/C=C\CCCCCCCCCOCC(COC1OC(CO)C(O)C(OS(=O)(=O)O)C1O)OC(=O)CCCCCCCCCCCCCCC/C=C\C/C=C\CCCCCCC. The van der Waals surface area contributed by atoms with Crippen LogP contribution in [-0.2, 0) is 38.3 Å². The highest BCUT2D eigenvalue weighted by Crippen LogP contribution is 2.26. The molecule has 0 spiro atoms. The maximum atomic E-state index is 13.0. The zero-order chi connectivity index (χ0) is 53.8. The van der Waals surface area contributed by atoms with Crippen LogP contribution < -0.4 is 0 Å². The molecule has 6 atom stereocenters. The number of aliphatic hydroxyl groups is 3. The van der Waals surface area contributed by atoms with Crippen molar-refractivity contribution in [3.05, 3.63) is 60.8 Å². The molecule has 0 aromatic rings. The van der Waals surface area contributed by atoms with E-state index in [-0.39, 0.29) is 19.6 Å². The largest absolute Gasteiger partial charge is 0.457 e. The molecule has 432 valence electrons. The van der Waals surface area contributed by atoms with Gasteiger partial charge in [0, 0.05) is 13.0 Å². The van der Waals surface area contributed by atoms with Crippen LogP contribution in [0.1, 0.15) is 258 Å². The molecule has 0 aliphatic carbocycles. The summed E-state index contributed by atoms with van der Waals surface area (Å²) >= 11 is 0. The van der Waals surface area contributed by atoms with Crippen LogP contribution in [0.5, 0.6) is 0 Å². The van der Waals surface area contributed by atoms with Gasteiger partial charge in [-0.2, -0.15) is 8.42 Å². The summed E-state index contributed by atoms with van der Waals surface area (Å²) in [5.41, 5.74) is 0. The van der Waals surface area contributed by atoms with Crippen molar-refractivity contribution in [2.75, 3.05) is 26.4 Å². The van der Waals surface area contributed by atoms with Gasteiger partial charge in [0.05, 0.1) is 19.8 Å². The zero-order valence-corrected chi connectivity index (χ0v) is 47.7. The van der Waals surface area contributed by atoms with Crippen LogP contribution in [-0.4, -0.2) is 97.5 Å². The Morgan fingerprint density at radius 1 is 0.514 bits per heavy atom. The molecule has 1 saturated heterocycles. The van der Waals surface area contributed by atoms with Gasteiger partial charge in [0.2, 0.25) is 0 Å². The molecule has 1 fully saturated rings. The van der Waals surface area contributed by atoms with Crippen LogP contribution in [0, 0.1) is 0 Å². The summed E-state index contributed by atoms with van der Waals surface area (Å²) in [5.74, 6) is -0.402. The number of ether oxygens (including phenoxy) is 4. The van der Waals surface area contributed by atoms with E-state index in [2.05, 4.69) is 78.8 Å². The Balaban J connectivity index is 2.29. The van der Waals surface area contributed by atoms with Gasteiger partial charge in [-0.1, -0.05) is 229 Å². The predicted molar refractivity (Wildman–Crippen MR) is 303 cm³/mol. The molecule has 0 saturated carbocycles. The summed E-state index contributed by atoms with van der Waals surface area (Å²) in [4.78, 5) is 13.0. The van der Waals surface area contributed by atoms with Gasteiger partial charge in [0.25, 0.3) is 0 Å². The number of aliphatic hydroxyl groups excluding tert-OH is 3. The van der Waals surface area contributed by atoms with Gasteiger partial charge in [-0.3, -0.25) is 9.35 Å². The van der Waals surface area contributed by atoms with Crippen molar-refractivity contribution >= 4 is 16.4 Å². The number of esters is 1. The Labute approximate surface area is 452 Å². The maximum Gasteiger partial charge on any atom is 0.397 e. The van der Waals surface area contributed by atoms with E-state index < -0.39 is 59.8 Å². The van der Waals surface area contributed by atoms with Crippen molar-refractivity contribution in [1.82, 2.24) is 0 Å². The Morgan fingerprint density at radius 3 is 1.30 bits per heavy atom. The van der Waals surface area contributed by atoms with E-state index in [0.29, 0.717) is 13.0 Å². The number of hydrogen-bond donors (Lipinski definition) is 4. The molecule has 0 radical (unpaired) electrons. The third-order valence-corrected chi connectivity index (χ3v) is 14.1. The lowest BCUT2D eigenvalue weighted by molar-refractivity contribution is -0.301. The molecule has 1 rings (SSSR count). The first-order chi connectivity index (χ1) is 36.1. The molecule has 1 heterocycles. The lowest BCUT2D eigenvalue weighted by Crippen LogP contribution is -2.60. The van der Waals surface area contributed by atoms with E-state index >= 15 is 0 Å². The Bertz CT molecular complexity index is 1510. The normalized spacial score (nSPS) is 19.1. The monoisotopic (exact) mass is 1070 g/mol. The first-order valence-electron chi connectivity index (χ1n) is 30.0. The number of carbonyl (C=O) groups is 1. The molecule has 6 unspecified atom stereocenters. The number of carbonyl (C=O) groups excluding carboxylic acids is 1. The fourth-order valence-corrected chi connectivity index (χ4v) is 9.57. The van der Waals surface area contributed by atoms with Crippen molar-refractivity contribution in [3.63, 3.8) is 0 Å². The quantitative estimate of drug-likeness (QED) is 0.0196. The van der Waals surface area contributed by atoms with E-state index in [4.69, 9.17) is 18.9 Å². The molecule has 12 nitrogen and oxygen atoms in total. The summed E-state index contributed by atoms with van der Waals surface area (Å²) in [5, 5.41) is 30.9. The third kappa shape index (κ3) is 43.9. The Kier molecular flexibility index (Phi) is 48.6. The van der Waals surface area contributed by atoms with Gasteiger partial charge in [-0.15, -0.1) is 0 Å². The Morgan fingerprint density at radius 2 is 0.892 bits per heavy atom. The second kappa shape index (κ2) is 51.6. The molecule has 1 aliphatic heterocycles. The van der Waals surface area contributed by atoms with Gasteiger partial charge in [0.15, 0.2) is 6.29 Å². The second-order valence-electron chi connectivity index (χ2n) is 20.6. The standard InChI is InChI=1S/C61H110O12S/c1-3-5-7-9-11-13-15-17-19-21-23-25-27-28-29-30-32-34-36-38-40-42-44-46-48-50-57(63)71-55(54-70-61-59(65)60(73-74(66,67)68)58(64)56(52-62)72-61)53-69-51-49-47-45-43-41-39-37-35-33-31-26-24-22-20-18-16-14-12-10-8-6-4-2/h15-18,21-24,31,33,55-56,58-62,64-65H,3-14,19-20,25-30,32,34-54H2,1-2H3,(H,66,67,68)/b17-15-,18-16-,23-21-,24-22-,33-31-. The van der Waals surface area contributed by atoms with Crippen molar-refractivity contribution in [3.8, 4) is 0 Å². The van der Waals surface area contributed by atoms with Gasteiger partial charge in [-0.25, -0.2) is 4.18 Å². The fraction of sp³-hybridized carbons (Fsp3) is 0.820. The van der Waals surface area contributed by atoms with Gasteiger partial charge in [0.1, 0.15) is 30.5 Å². The lowest BCUT2D eigenvalue weighted by atomic mass is 9.99. The van der Waals surface area contributed by atoms with Crippen LogP contribution in [0.4, 0.5) is 0 Å². The molecule has 1 aliphatic rings. The van der Waals surface area contributed by atoms with Crippen molar-refractivity contribution in [2.45, 2.75) is 295 Å². The second-order valence-corrected chi connectivity index (χ2v) is 21.6. The van der Waals surface area contributed by atoms with Gasteiger partial charge >= 0.3 is 16.4 Å². The minimum absolute atomic E-state index is 0.0282. The molecule has 4 N–H and O–H groups in total. The Hall–Kier alpha value is -2.20. The average Bonchev–Trinajstić information content (AvgIpc) is 3.38. The molecule has 0 aromatic carbocycles. The van der Waals surface area contributed by atoms with Crippen molar-refractivity contribution in [2.24, 2.45) is 0 Å². The fourth-order valence-electron chi connectivity index (χ4n) is 9.07. The van der Waals surface area contributed by atoms with E-state index in [0.717, 1.165) is 64.2 Å². The van der Waals surface area contributed by atoms with E-state index in [1.54, 1.807) is 0 Å². The maximum absolute atomic E-state index is 13.0. The molecule has 13 heteroatoms. The van der Waals surface area contributed by atoms with Crippen LogP contribution in [0.2, 0.25) is 0 Å². The van der Waals surface area contributed by atoms with Crippen LogP contribution in [0.25, 0.3) is 0 Å². The number of rotatable bonds is 53. The highest BCUT2D eigenvalue weighted by Gasteiger charge is 2.48. The molecule has 0 bridgehead atoms. The van der Waals surface area contributed by atoms with Crippen LogP contribution in [0.15, 0.2) is 60.8 Å². The predicted octanol–water partition coefficient (Wildman–Crippen LogP) is 15.2. The average molecular weight is 1070 g/mol. The minimum atomic E-state index is -5.07. The summed E-state index contributed by atoms with van der Waals surface area (Å²) in [6, 6.07) is 0. The molecular weight excluding hydrogens is 957 g/mol. The van der Waals surface area contributed by atoms with Crippen molar-refractivity contribution < 1.29 is 56.2 Å². The van der Waals surface area contributed by atoms with Crippen LogP contribution in [0.3, 0.4) is 0 Å². The number of allylic oxidation sites excluding steroid dienone is 10.